The van der Waals surface area contributed by atoms with E-state index in [0.29, 0.717) is 30.5 Å². The molecule has 1 fully saturated rings. The van der Waals surface area contributed by atoms with Crippen molar-refractivity contribution in [2.45, 2.75) is 25.8 Å². The summed E-state index contributed by atoms with van der Waals surface area (Å²) in [5.41, 5.74) is 6.25. The van der Waals surface area contributed by atoms with Gasteiger partial charge in [0.2, 0.25) is 5.88 Å². The van der Waals surface area contributed by atoms with Gasteiger partial charge in [0.15, 0.2) is 0 Å². The summed E-state index contributed by atoms with van der Waals surface area (Å²) in [5.74, 6) is 0.757. The van der Waals surface area contributed by atoms with Gasteiger partial charge in [-0.1, -0.05) is 0 Å². The molecule has 0 spiro atoms. The second kappa shape index (κ2) is 6.02. The number of rotatable bonds is 3. The number of hydrogen-bond donors (Lipinski definition) is 1. The molecule has 2 unspecified atom stereocenters. The topological polar surface area (TPSA) is 68.5 Å². The fourth-order valence-electron chi connectivity index (χ4n) is 2.53. The van der Waals surface area contributed by atoms with Crippen molar-refractivity contribution in [1.82, 2.24) is 9.88 Å². The first kappa shape index (κ1) is 13.8. The fourth-order valence-corrected chi connectivity index (χ4v) is 2.53. The molecule has 0 aromatic carbocycles. The molecule has 0 radical (unpaired) electrons. The van der Waals surface area contributed by atoms with Crippen LogP contribution in [0.1, 0.15) is 30.1 Å². The molecule has 5 heteroatoms. The Morgan fingerprint density at radius 3 is 3.05 bits per heavy atom. The maximum absolute atomic E-state index is 12.6. The molecular formula is C14H21N3O2. The molecule has 0 bridgehead atoms. The third-order valence-corrected chi connectivity index (χ3v) is 3.77. The summed E-state index contributed by atoms with van der Waals surface area (Å²) in [4.78, 5) is 18.6. The molecule has 2 rings (SSSR count). The molecule has 1 amide bonds. The zero-order valence-electron chi connectivity index (χ0n) is 11.5. The SMILES string of the molecule is COc1ncccc1C(=O)N1CC(CN)CCC1C. The van der Waals surface area contributed by atoms with Crippen LogP contribution in [0.15, 0.2) is 18.3 Å². The van der Waals surface area contributed by atoms with Gasteiger partial charge in [0, 0.05) is 18.8 Å². The smallest absolute Gasteiger partial charge is 0.259 e. The van der Waals surface area contributed by atoms with Crippen molar-refractivity contribution in [3.05, 3.63) is 23.9 Å². The standard InChI is InChI=1S/C14H21N3O2/c1-10-5-6-11(8-15)9-17(10)14(18)12-4-3-7-16-13(12)19-2/h3-4,7,10-11H,5-6,8-9,15H2,1-2H3. The maximum atomic E-state index is 12.6. The van der Waals surface area contributed by atoms with Crippen molar-refractivity contribution >= 4 is 5.91 Å². The van der Waals surface area contributed by atoms with Crippen molar-refractivity contribution in [3.8, 4) is 5.88 Å². The first-order valence-electron chi connectivity index (χ1n) is 6.67. The second-order valence-corrected chi connectivity index (χ2v) is 5.05. The molecular weight excluding hydrogens is 242 g/mol. The number of piperidine rings is 1. The van der Waals surface area contributed by atoms with Crippen LogP contribution in [-0.2, 0) is 0 Å². The largest absolute Gasteiger partial charge is 0.480 e. The maximum Gasteiger partial charge on any atom is 0.259 e. The minimum absolute atomic E-state index is 0.0180. The number of pyridine rings is 1. The quantitative estimate of drug-likeness (QED) is 0.892. The van der Waals surface area contributed by atoms with Crippen molar-refractivity contribution < 1.29 is 9.53 Å². The van der Waals surface area contributed by atoms with Gasteiger partial charge in [-0.25, -0.2) is 4.98 Å². The average Bonchev–Trinajstić information content (AvgIpc) is 2.47. The molecule has 1 aliphatic rings. The molecule has 2 atom stereocenters. The first-order valence-corrected chi connectivity index (χ1v) is 6.67. The molecule has 19 heavy (non-hydrogen) atoms. The van der Waals surface area contributed by atoms with Crippen LogP contribution in [0.5, 0.6) is 5.88 Å². The summed E-state index contributed by atoms with van der Waals surface area (Å²) < 4.78 is 5.16. The summed E-state index contributed by atoms with van der Waals surface area (Å²) in [6.45, 7) is 3.42. The number of hydrogen-bond acceptors (Lipinski definition) is 4. The van der Waals surface area contributed by atoms with Gasteiger partial charge in [-0.15, -0.1) is 0 Å². The molecule has 2 N–H and O–H groups in total. The highest BCUT2D eigenvalue weighted by atomic mass is 16.5. The minimum atomic E-state index is -0.0180. The Balaban J connectivity index is 2.22. The lowest BCUT2D eigenvalue weighted by molar-refractivity contribution is 0.0563. The van der Waals surface area contributed by atoms with E-state index in [4.69, 9.17) is 10.5 Å². The van der Waals surface area contributed by atoms with Crippen LogP contribution in [0.2, 0.25) is 0 Å². The zero-order chi connectivity index (χ0) is 13.8. The van der Waals surface area contributed by atoms with Crippen LogP contribution >= 0.6 is 0 Å². The number of carbonyl (C=O) groups is 1. The van der Waals surface area contributed by atoms with E-state index < -0.39 is 0 Å². The Bertz CT molecular complexity index is 450. The van der Waals surface area contributed by atoms with Gasteiger partial charge >= 0.3 is 0 Å². The summed E-state index contributed by atoms with van der Waals surface area (Å²) in [6.07, 6.45) is 3.71. The van der Waals surface area contributed by atoms with E-state index in [9.17, 15) is 4.79 Å². The monoisotopic (exact) mass is 263 g/mol. The molecule has 0 saturated carbocycles. The van der Waals surface area contributed by atoms with Gasteiger partial charge in [0.05, 0.1) is 7.11 Å². The van der Waals surface area contributed by atoms with Crippen molar-refractivity contribution in [1.29, 1.82) is 0 Å². The van der Waals surface area contributed by atoms with E-state index in [-0.39, 0.29) is 11.9 Å². The number of ether oxygens (including phenoxy) is 1. The molecule has 0 aliphatic carbocycles. The number of carbonyl (C=O) groups excluding carboxylic acids is 1. The van der Waals surface area contributed by atoms with Crippen molar-refractivity contribution in [3.63, 3.8) is 0 Å². The normalized spacial score (nSPS) is 23.2. The molecule has 1 saturated heterocycles. The van der Waals surface area contributed by atoms with Crippen LogP contribution in [0.25, 0.3) is 0 Å². The molecule has 1 aliphatic heterocycles. The zero-order valence-corrected chi connectivity index (χ0v) is 11.5. The lowest BCUT2D eigenvalue weighted by Crippen LogP contribution is -2.47. The Labute approximate surface area is 113 Å². The van der Waals surface area contributed by atoms with Crippen LogP contribution in [-0.4, -0.2) is 42.0 Å². The van der Waals surface area contributed by atoms with Gasteiger partial charge < -0.3 is 15.4 Å². The Kier molecular flexibility index (Phi) is 4.37. The minimum Gasteiger partial charge on any atom is -0.480 e. The van der Waals surface area contributed by atoms with E-state index in [2.05, 4.69) is 11.9 Å². The van der Waals surface area contributed by atoms with E-state index >= 15 is 0 Å². The predicted octanol–water partition coefficient (Wildman–Crippen LogP) is 1.29. The molecule has 104 valence electrons. The summed E-state index contributed by atoms with van der Waals surface area (Å²) in [7, 11) is 1.53. The van der Waals surface area contributed by atoms with E-state index in [1.165, 1.54) is 7.11 Å². The van der Waals surface area contributed by atoms with Crippen molar-refractivity contribution in [2.24, 2.45) is 11.7 Å². The second-order valence-electron chi connectivity index (χ2n) is 5.05. The predicted molar refractivity (Wildman–Crippen MR) is 73.1 cm³/mol. The van der Waals surface area contributed by atoms with Gasteiger partial charge in [0.1, 0.15) is 5.56 Å². The van der Waals surface area contributed by atoms with Crippen LogP contribution in [0.4, 0.5) is 0 Å². The van der Waals surface area contributed by atoms with E-state index in [1.54, 1.807) is 18.3 Å². The first-order chi connectivity index (χ1) is 9.17. The van der Waals surface area contributed by atoms with Crippen LogP contribution in [0, 0.1) is 5.92 Å². The number of likely N-dealkylation sites (tertiary alicyclic amines) is 1. The Morgan fingerprint density at radius 2 is 2.37 bits per heavy atom. The number of methoxy groups -OCH3 is 1. The third kappa shape index (κ3) is 2.87. The Morgan fingerprint density at radius 1 is 1.58 bits per heavy atom. The van der Waals surface area contributed by atoms with Gasteiger partial charge in [-0.05, 0) is 44.4 Å². The summed E-state index contributed by atoms with van der Waals surface area (Å²) in [6, 6.07) is 3.75. The van der Waals surface area contributed by atoms with Crippen LogP contribution in [0.3, 0.4) is 0 Å². The molecule has 5 nitrogen and oxygen atoms in total. The van der Waals surface area contributed by atoms with Gasteiger partial charge in [-0.2, -0.15) is 0 Å². The lowest BCUT2D eigenvalue weighted by atomic mass is 9.93. The highest BCUT2D eigenvalue weighted by Gasteiger charge is 2.30. The highest BCUT2D eigenvalue weighted by molar-refractivity contribution is 5.96. The fraction of sp³-hybridized carbons (Fsp3) is 0.571. The van der Waals surface area contributed by atoms with E-state index in [0.717, 1.165) is 12.8 Å². The number of amides is 1. The lowest BCUT2D eigenvalue weighted by Gasteiger charge is -2.37. The average molecular weight is 263 g/mol. The Hall–Kier alpha value is -1.62. The number of nitrogens with two attached hydrogens (primary N) is 1. The third-order valence-electron chi connectivity index (χ3n) is 3.77. The molecule has 1 aromatic rings. The summed E-state index contributed by atoms with van der Waals surface area (Å²) >= 11 is 0. The highest BCUT2D eigenvalue weighted by Crippen LogP contribution is 2.25. The molecule has 2 heterocycles. The summed E-state index contributed by atoms with van der Waals surface area (Å²) in [5, 5.41) is 0. The van der Waals surface area contributed by atoms with E-state index in [1.807, 2.05) is 4.90 Å². The molecule has 1 aromatic heterocycles. The van der Waals surface area contributed by atoms with Gasteiger partial charge in [-0.3, -0.25) is 4.79 Å². The number of aromatic nitrogens is 1. The number of nitrogens with zero attached hydrogens (tertiary/aromatic N) is 2. The van der Waals surface area contributed by atoms with Crippen LogP contribution < -0.4 is 10.5 Å². The van der Waals surface area contributed by atoms with Gasteiger partial charge in [0.25, 0.3) is 5.91 Å². The van der Waals surface area contributed by atoms with Crippen molar-refractivity contribution in [2.75, 3.05) is 20.2 Å².